The molecular weight excluding hydrogens is 264 g/mol. The summed E-state index contributed by atoms with van der Waals surface area (Å²) in [5, 5.41) is 2.83. The maximum atomic E-state index is 12.5. The summed E-state index contributed by atoms with van der Waals surface area (Å²) in [5.41, 5.74) is 9.61. The highest BCUT2D eigenvalue weighted by Crippen LogP contribution is 2.22. The molecule has 0 spiro atoms. The molecule has 1 aromatic heterocycles. The number of nitrogens with two attached hydrogens (primary N) is 1. The van der Waals surface area contributed by atoms with E-state index in [1.165, 1.54) is 0 Å². The molecule has 5 heteroatoms. The smallest absolute Gasteiger partial charge is 0.258 e. The molecule has 21 heavy (non-hydrogen) atoms. The van der Waals surface area contributed by atoms with Gasteiger partial charge in [-0.05, 0) is 49.7 Å². The lowest BCUT2D eigenvalue weighted by Gasteiger charge is -2.17. The van der Waals surface area contributed by atoms with E-state index < -0.39 is 0 Å². The Bertz CT molecular complexity index is 660. The normalized spacial score (nSPS) is 10.3. The number of rotatable bonds is 3. The highest BCUT2D eigenvalue weighted by molar-refractivity contribution is 6.08. The first-order chi connectivity index (χ1) is 9.86. The Kier molecular flexibility index (Phi) is 4.12. The van der Waals surface area contributed by atoms with Gasteiger partial charge < -0.3 is 16.0 Å². The monoisotopic (exact) mass is 284 g/mol. The number of aryl methyl sites for hydroxylation is 2. The third-order valence-electron chi connectivity index (χ3n) is 3.09. The third kappa shape index (κ3) is 3.51. The van der Waals surface area contributed by atoms with Gasteiger partial charge in [-0.25, -0.2) is 4.98 Å². The second-order valence-electron chi connectivity index (χ2n) is 5.30. The molecule has 0 aliphatic rings. The van der Waals surface area contributed by atoms with Gasteiger partial charge in [-0.3, -0.25) is 4.79 Å². The number of pyridine rings is 1. The van der Waals surface area contributed by atoms with E-state index >= 15 is 0 Å². The van der Waals surface area contributed by atoms with E-state index in [9.17, 15) is 4.79 Å². The summed E-state index contributed by atoms with van der Waals surface area (Å²) >= 11 is 0. The van der Waals surface area contributed by atoms with Crippen LogP contribution in [0.4, 0.5) is 17.2 Å². The molecule has 1 heterocycles. The topological polar surface area (TPSA) is 71.2 Å². The van der Waals surface area contributed by atoms with Crippen LogP contribution in [0.2, 0.25) is 0 Å². The van der Waals surface area contributed by atoms with Crippen molar-refractivity contribution in [2.24, 2.45) is 0 Å². The lowest BCUT2D eigenvalue weighted by molar-refractivity contribution is 0.102. The molecule has 0 saturated carbocycles. The second kappa shape index (κ2) is 5.83. The standard InChI is InChI=1S/C16H20N4O/c1-10-7-11(2)18-15(8-10)19-16(21)13-9-12(17)5-6-14(13)20(3)4/h5-9H,17H2,1-4H3,(H,18,19,21). The molecule has 0 saturated heterocycles. The molecule has 2 rings (SSSR count). The zero-order valence-corrected chi connectivity index (χ0v) is 12.8. The van der Waals surface area contributed by atoms with Crippen molar-refractivity contribution in [2.75, 3.05) is 30.0 Å². The minimum atomic E-state index is -0.219. The molecule has 5 nitrogen and oxygen atoms in total. The molecule has 110 valence electrons. The minimum absolute atomic E-state index is 0.219. The van der Waals surface area contributed by atoms with Crippen molar-refractivity contribution in [3.05, 3.63) is 47.2 Å². The highest BCUT2D eigenvalue weighted by atomic mass is 16.1. The summed E-state index contributed by atoms with van der Waals surface area (Å²) in [6.45, 7) is 3.87. The van der Waals surface area contributed by atoms with Crippen LogP contribution in [0.3, 0.4) is 0 Å². The lowest BCUT2D eigenvalue weighted by Crippen LogP contribution is -2.19. The number of nitrogen functional groups attached to an aromatic ring is 1. The van der Waals surface area contributed by atoms with Crippen molar-refractivity contribution in [1.82, 2.24) is 4.98 Å². The fourth-order valence-corrected chi connectivity index (χ4v) is 2.21. The molecule has 0 radical (unpaired) electrons. The predicted molar refractivity (Wildman–Crippen MR) is 86.8 cm³/mol. The Morgan fingerprint density at radius 1 is 1.19 bits per heavy atom. The van der Waals surface area contributed by atoms with Crippen LogP contribution >= 0.6 is 0 Å². The zero-order chi connectivity index (χ0) is 15.6. The van der Waals surface area contributed by atoms with Crippen LogP contribution < -0.4 is 16.0 Å². The fourth-order valence-electron chi connectivity index (χ4n) is 2.21. The zero-order valence-electron chi connectivity index (χ0n) is 12.8. The first-order valence-corrected chi connectivity index (χ1v) is 6.70. The quantitative estimate of drug-likeness (QED) is 0.850. The maximum absolute atomic E-state index is 12.5. The van der Waals surface area contributed by atoms with Crippen LogP contribution in [-0.2, 0) is 0 Å². The van der Waals surface area contributed by atoms with Gasteiger partial charge in [-0.1, -0.05) is 0 Å². The lowest BCUT2D eigenvalue weighted by atomic mass is 10.1. The van der Waals surface area contributed by atoms with Gasteiger partial charge in [0.25, 0.3) is 5.91 Å². The molecule has 2 aromatic rings. The van der Waals surface area contributed by atoms with E-state index in [4.69, 9.17) is 5.73 Å². The number of carbonyl (C=O) groups excluding carboxylic acids is 1. The van der Waals surface area contributed by atoms with Crippen LogP contribution in [0.25, 0.3) is 0 Å². The van der Waals surface area contributed by atoms with Crippen molar-refractivity contribution in [3.8, 4) is 0 Å². The summed E-state index contributed by atoms with van der Waals surface area (Å²) in [6.07, 6.45) is 0. The van der Waals surface area contributed by atoms with E-state index in [1.54, 1.807) is 12.1 Å². The molecule has 0 atom stereocenters. The molecule has 0 aliphatic heterocycles. The van der Waals surface area contributed by atoms with Gasteiger partial charge >= 0.3 is 0 Å². The van der Waals surface area contributed by atoms with Crippen molar-refractivity contribution in [3.63, 3.8) is 0 Å². The molecule has 1 amide bonds. The van der Waals surface area contributed by atoms with E-state index in [1.807, 2.05) is 51.0 Å². The number of amides is 1. The number of benzene rings is 1. The number of aromatic nitrogens is 1. The molecular formula is C16H20N4O. The Hall–Kier alpha value is -2.56. The third-order valence-corrected chi connectivity index (χ3v) is 3.09. The van der Waals surface area contributed by atoms with Crippen molar-refractivity contribution in [2.45, 2.75) is 13.8 Å². The molecule has 0 aliphatic carbocycles. The van der Waals surface area contributed by atoms with E-state index in [2.05, 4.69) is 10.3 Å². The summed E-state index contributed by atoms with van der Waals surface area (Å²) in [7, 11) is 3.77. The van der Waals surface area contributed by atoms with E-state index in [0.29, 0.717) is 17.1 Å². The summed E-state index contributed by atoms with van der Waals surface area (Å²) in [4.78, 5) is 18.7. The molecule has 1 aromatic carbocycles. The number of nitrogens with one attached hydrogen (secondary N) is 1. The minimum Gasteiger partial charge on any atom is -0.399 e. The van der Waals surface area contributed by atoms with Crippen molar-refractivity contribution < 1.29 is 4.79 Å². The summed E-state index contributed by atoms with van der Waals surface area (Å²) in [5.74, 6) is 0.327. The Morgan fingerprint density at radius 2 is 1.90 bits per heavy atom. The van der Waals surface area contributed by atoms with Gasteiger partial charge in [0, 0.05) is 31.2 Å². The van der Waals surface area contributed by atoms with Crippen LogP contribution in [-0.4, -0.2) is 25.0 Å². The van der Waals surface area contributed by atoms with Gasteiger partial charge in [0.1, 0.15) is 5.82 Å². The Morgan fingerprint density at radius 3 is 2.52 bits per heavy atom. The van der Waals surface area contributed by atoms with Crippen molar-refractivity contribution >= 4 is 23.1 Å². The largest absolute Gasteiger partial charge is 0.399 e. The number of carbonyl (C=O) groups is 1. The van der Waals surface area contributed by atoms with Gasteiger partial charge in [-0.2, -0.15) is 0 Å². The summed E-state index contributed by atoms with van der Waals surface area (Å²) < 4.78 is 0. The number of anilines is 3. The summed E-state index contributed by atoms with van der Waals surface area (Å²) in [6, 6.07) is 9.08. The maximum Gasteiger partial charge on any atom is 0.258 e. The van der Waals surface area contributed by atoms with Crippen LogP contribution in [0.15, 0.2) is 30.3 Å². The average Bonchev–Trinajstić information content (AvgIpc) is 2.36. The second-order valence-corrected chi connectivity index (χ2v) is 5.30. The molecule has 0 fully saturated rings. The fraction of sp³-hybridized carbons (Fsp3) is 0.250. The van der Waals surface area contributed by atoms with E-state index in [-0.39, 0.29) is 5.91 Å². The highest BCUT2D eigenvalue weighted by Gasteiger charge is 2.14. The number of hydrogen-bond donors (Lipinski definition) is 2. The van der Waals surface area contributed by atoms with Crippen LogP contribution in [0, 0.1) is 13.8 Å². The molecule has 3 N–H and O–H groups in total. The Balaban J connectivity index is 2.34. The van der Waals surface area contributed by atoms with Gasteiger partial charge in [-0.15, -0.1) is 0 Å². The van der Waals surface area contributed by atoms with Gasteiger partial charge in [0.15, 0.2) is 0 Å². The first kappa shape index (κ1) is 14.8. The van der Waals surface area contributed by atoms with Crippen LogP contribution in [0.1, 0.15) is 21.6 Å². The van der Waals surface area contributed by atoms with Gasteiger partial charge in [0.2, 0.25) is 0 Å². The molecule has 0 unspecified atom stereocenters. The number of hydrogen-bond acceptors (Lipinski definition) is 4. The van der Waals surface area contributed by atoms with E-state index in [0.717, 1.165) is 16.9 Å². The van der Waals surface area contributed by atoms with Gasteiger partial charge in [0.05, 0.1) is 5.56 Å². The Labute approximate surface area is 124 Å². The predicted octanol–water partition coefficient (Wildman–Crippen LogP) is 2.60. The first-order valence-electron chi connectivity index (χ1n) is 6.70. The number of nitrogens with zero attached hydrogens (tertiary/aromatic N) is 2. The van der Waals surface area contributed by atoms with Crippen LogP contribution in [0.5, 0.6) is 0 Å². The molecule has 0 bridgehead atoms. The average molecular weight is 284 g/mol. The van der Waals surface area contributed by atoms with Crippen molar-refractivity contribution in [1.29, 1.82) is 0 Å². The SMILES string of the molecule is Cc1cc(C)nc(NC(=O)c2cc(N)ccc2N(C)C)c1.